The Bertz CT molecular complexity index is 453. The van der Waals surface area contributed by atoms with E-state index in [2.05, 4.69) is 9.97 Å². The van der Waals surface area contributed by atoms with Gasteiger partial charge in [-0.05, 0) is 19.3 Å². The van der Waals surface area contributed by atoms with E-state index in [4.69, 9.17) is 5.73 Å². The summed E-state index contributed by atoms with van der Waals surface area (Å²) in [6, 6.07) is -0.147. The van der Waals surface area contributed by atoms with Gasteiger partial charge < -0.3 is 15.7 Å². The lowest BCUT2D eigenvalue weighted by Gasteiger charge is -2.34. The van der Waals surface area contributed by atoms with Crippen molar-refractivity contribution in [3.63, 3.8) is 0 Å². The summed E-state index contributed by atoms with van der Waals surface area (Å²) in [4.78, 5) is 19.8. The highest BCUT2D eigenvalue weighted by atomic mass is 16.6. The summed E-state index contributed by atoms with van der Waals surface area (Å²) in [7, 11) is 0. The van der Waals surface area contributed by atoms with Crippen LogP contribution in [0, 0.1) is 10.1 Å². The number of anilines is 2. The minimum atomic E-state index is -0.576. The van der Waals surface area contributed by atoms with Crippen LogP contribution in [0.2, 0.25) is 0 Å². The molecule has 0 radical (unpaired) electrons. The number of aliphatic hydroxyl groups excluding tert-OH is 1. The average molecular weight is 253 g/mol. The smallest absolute Gasteiger partial charge is 0.353 e. The molecule has 2 rings (SSSR count). The molecule has 3 N–H and O–H groups in total. The predicted molar refractivity (Wildman–Crippen MR) is 65.2 cm³/mol. The fraction of sp³-hybridized carbons (Fsp3) is 0.600. The number of piperidine rings is 1. The van der Waals surface area contributed by atoms with Gasteiger partial charge in [0.05, 0.1) is 17.6 Å². The van der Waals surface area contributed by atoms with Crippen molar-refractivity contribution >= 4 is 17.3 Å². The number of hydrogen-bond acceptors (Lipinski definition) is 7. The number of rotatable bonds is 3. The number of nitrogens with zero attached hydrogens (tertiary/aromatic N) is 4. The van der Waals surface area contributed by atoms with E-state index in [1.165, 1.54) is 6.33 Å². The third-order valence-electron chi connectivity index (χ3n) is 3.12. The van der Waals surface area contributed by atoms with Gasteiger partial charge in [0, 0.05) is 6.54 Å². The molecule has 1 aromatic heterocycles. The van der Waals surface area contributed by atoms with Crippen LogP contribution >= 0.6 is 0 Å². The molecule has 18 heavy (non-hydrogen) atoms. The summed E-state index contributed by atoms with van der Waals surface area (Å²) >= 11 is 0. The number of nitrogen functional groups attached to an aromatic ring is 1. The van der Waals surface area contributed by atoms with Crippen LogP contribution in [0.1, 0.15) is 19.3 Å². The number of aliphatic hydroxyl groups is 1. The third-order valence-corrected chi connectivity index (χ3v) is 3.12. The maximum Gasteiger partial charge on any atom is 0.353 e. The van der Waals surface area contributed by atoms with E-state index in [0.29, 0.717) is 6.54 Å². The molecule has 1 fully saturated rings. The molecule has 0 aliphatic carbocycles. The SMILES string of the molecule is Nc1ncnc(N2CCCCC2CO)c1[N+](=O)[O-]. The lowest BCUT2D eigenvalue weighted by molar-refractivity contribution is -0.383. The van der Waals surface area contributed by atoms with Crippen molar-refractivity contribution in [3.05, 3.63) is 16.4 Å². The van der Waals surface area contributed by atoms with Gasteiger partial charge in [-0.2, -0.15) is 0 Å². The highest BCUT2D eigenvalue weighted by molar-refractivity contribution is 5.68. The molecule has 0 amide bonds. The van der Waals surface area contributed by atoms with Crippen LogP contribution in [0.3, 0.4) is 0 Å². The quantitative estimate of drug-likeness (QED) is 0.588. The van der Waals surface area contributed by atoms with E-state index in [-0.39, 0.29) is 30.0 Å². The highest BCUT2D eigenvalue weighted by Gasteiger charge is 2.31. The summed E-state index contributed by atoms with van der Waals surface area (Å²) in [6.07, 6.45) is 3.91. The van der Waals surface area contributed by atoms with Crippen LogP contribution in [0.5, 0.6) is 0 Å². The normalized spacial score (nSPS) is 19.8. The first kappa shape index (κ1) is 12.5. The van der Waals surface area contributed by atoms with Gasteiger partial charge in [-0.1, -0.05) is 0 Å². The Morgan fingerprint density at radius 3 is 3.00 bits per heavy atom. The Morgan fingerprint density at radius 1 is 1.56 bits per heavy atom. The Balaban J connectivity index is 2.42. The maximum atomic E-state index is 11.0. The van der Waals surface area contributed by atoms with E-state index < -0.39 is 4.92 Å². The van der Waals surface area contributed by atoms with Gasteiger partial charge in [-0.15, -0.1) is 0 Å². The Morgan fingerprint density at radius 2 is 2.33 bits per heavy atom. The van der Waals surface area contributed by atoms with Crippen molar-refractivity contribution in [2.45, 2.75) is 25.3 Å². The van der Waals surface area contributed by atoms with Crippen molar-refractivity contribution in [2.24, 2.45) is 0 Å². The van der Waals surface area contributed by atoms with E-state index in [1.807, 2.05) is 0 Å². The topological polar surface area (TPSA) is 118 Å². The third kappa shape index (κ3) is 2.19. The van der Waals surface area contributed by atoms with Crippen molar-refractivity contribution in [2.75, 3.05) is 23.8 Å². The van der Waals surface area contributed by atoms with E-state index in [0.717, 1.165) is 19.3 Å². The van der Waals surface area contributed by atoms with Crippen LogP contribution in [-0.2, 0) is 0 Å². The Labute approximate surface area is 104 Å². The van der Waals surface area contributed by atoms with Gasteiger partial charge >= 0.3 is 5.69 Å². The molecule has 2 heterocycles. The van der Waals surface area contributed by atoms with Crippen molar-refractivity contribution in [3.8, 4) is 0 Å². The molecule has 98 valence electrons. The summed E-state index contributed by atoms with van der Waals surface area (Å²) in [5, 5.41) is 20.4. The molecule has 0 spiro atoms. The first-order valence-electron chi connectivity index (χ1n) is 5.77. The molecule has 1 aromatic rings. The van der Waals surface area contributed by atoms with Crippen LogP contribution in [0.4, 0.5) is 17.3 Å². The number of hydrogen-bond donors (Lipinski definition) is 2. The first-order chi connectivity index (χ1) is 8.65. The summed E-state index contributed by atoms with van der Waals surface area (Å²) in [5.41, 5.74) is 5.25. The van der Waals surface area contributed by atoms with Gasteiger partial charge in [-0.25, -0.2) is 9.97 Å². The second kappa shape index (κ2) is 5.13. The largest absolute Gasteiger partial charge is 0.394 e. The molecule has 0 aromatic carbocycles. The van der Waals surface area contributed by atoms with Gasteiger partial charge in [0.1, 0.15) is 6.33 Å². The molecule has 1 aliphatic heterocycles. The van der Waals surface area contributed by atoms with Crippen LogP contribution in [0.25, 0.3) is 0 Å². The molecular formula is C10H15N5O3. The minimum absolute atomic E-state index is 0.0545. The molecule has 1 unspecified atom stereocenters. The maximum absolute atomic E-state index is 11.0. The number of nitrogens with two attached hydrogens (primary N) is 1. The van der Waals surface area contributed by atoms with Gasteiger partial charge in [0.25, 0.3) is 0 Å². The summed E-state index contributed by atoms with van der Waals surface area (Å²) < 4.78 is 0. The number of nitro groups is 1. The summed E-state index contributed by atoms with van der Waals surface area (Å²) in [6.45, 7) is 0.573. The first-order valence-corrected chi connectivity index (χ1v) is 5.77. The molecule has 1 aliphatic rings. The average Bonchev–Trinajstić information content (AvgIpc) is 2.38. The van der Waals surface area contributed by atoms with Crippen LogP contribution < -0.4 is 10.6 Å². The molecular weight excluding hydrogens is 238 g/mol. The molecule has 1 saturated heterocycles. The zero-order valence-corrected chi connectivity index (χ0v) is 9.82. The monoisotopic (exact) mass is 253 g/mol. The molecule has 8 nitrogen and oxygen atoms in total. The van der Waals surface area contributed by atoms with Gasteiger partial charge in [0.15, 0.2) is 0 Å². The predicted octanol–water partition coefficient (Wildman–Crippen LogP) is 0.318. The van der Waals surface area contributed by atoms with Crippen molar-refractivity contribution in [1.29, 1.82) is 0 Å². The van der Waals surface area contributed by atoms with Crippen LogP contribution in [-0.4, -0.2) is 39.2 Å². The Hall–Kier alpha value is -1.96. The molecule has 1 atom stereocenters. The minimum Gasteiger partial charge on any atom is -0.394 e. The lowest BCUT2D eigenvalue weighted by Crippen LogP contribution is -2.42. The van der Waals surface area contributed by atoms with Crippen molar-refractivity contribution in [1.82, 2.24) is 9.97 Å². The highest BCUT2D eigenvalue weighted by Crippen LogP contribution is 2.33. The zero-order chi connectivity index (χ0) is 13.1. The summed E-state index contributed by atoms with van der Waals surface area (Å²) in [5.74, 6) is 0.0542. The molecule has 0 saturated carbocycles. The number of aromatic nitrogens is 2. The van der Waals surface area contributed by atoms with E-state index >= 15 is 0 Å². The van der Waals surface area contributed by atoms with Crippen molar-refractivity contribution < 1.29 is 10.0 Å². The van der Waals surface area contributed by atoms with Gasteiger partial charge in [0.2, 0.25) is 11.6 Å². The van der Waals surface area contributed by atoms with Crippen LogP contribution in [0.15, 0.2) is 6.33 Å². The standard InChI is InChI=1S/C10H15N5O3/c11-9-8(15(17)18)10(13-6-12-9)14-4-2-1-3-7(14)5-16/h6-7,16H,1-5H2,(H2,11,12,13). The second-order valence-electron chi connectivity index (χ2n) is 4.21. The molecule has 0 bridgehead atoms. The molecule has 8 heteroatoms. The zero-order valence-electron chi connectivity index (χ0n) is 9.82. The van der Waals surface area contributed by atoms with Gasteiger partial charge in [-0.3, -0.25) is 10.1 Å². The lowest BCUT2D eigenvalue weighted by atomic mass is 10.0. The second-order valence-corrected chi connectivity index (χ2v) is 4.21. The fourth-order valence-corrected chi connectivity index (χ4v) is 2.24. The Kier molecular flexibility index (Phi) is 3.56. The van der Waals surface area contributed by atoms with E-state index in [1.54, 1.807) is 4.90 Å². The fourth-order valence-electron chi connectivity index (χ4n) is 2.24. The van der Waals surface area contributed by atoms with E-state index in [9.17, 15) is 15.2 Å².